The van der Waals surface area contributed by atoms with E-state index in [-0.39, 0.29) is 17.0 Å². The molecule has 0 unspecified atom stereocenters. The average Bonchev–Trinajstić information content (AvgIpc) is 3.44. The molecule has 0 saturated carbocycles. The Hall–Kier alpha value is -4.74. The fourth-order valence-corrected chi connectivity index (χ4v) is 3.77. The van der Waals surface area contributed by atoms with Crippen molar-refractivity contribution in [2.75, 3.05) is 0 Å². The van der Waals surface area contributed by atoms with Gasteiger partial charge in [-0.25, -0.2) is 5.43 Å². The van der Waals surface area contributed by atoms with Crippen LogP contribution in [-0.4, -0.2) is 28.4 Å². The average molecular weight is 479 g/mol. The molecule has 0 radical (unpaired) electrons. The van der Waals surface area contributed by atoms with Crippen LogP contribution in [0.5, 0.6) is 0 Å². The number of hydrogen-bond acceptors (Lipinski definition) is 8. The highest BCUT2D eigenvalue weighted by Gasteiger charge is 2.28. The van der Waals surface area contributed by atoms with Crippen LogP contribution in [0.2, 0.25) is 0 Å². The van der Waals surface area contributed by atoms with Crippen molar-refractivity contribution in [1.82, 2.24) is 16.3 Å². The van der Waals surface area contributed by atoms with Gasteiger partial charge in [0.05, 0.1) is 22.5 Å². The first-order chi connectivity index (χ1) is 16.8. The van der Waals surface area contributed by atoms with Gasteiger partial charge in [0.1, 0.15) is 11.5 Å². The Balaban J connectivity index is 1.47. The zero-order valence-corrected chi connectivity index (χ0v) is 18.8. The minimum atomic E-state index is -0.638. The van der Waals surface area contributed by atoms with Crippen LogP contribution < -0.4 is 16.3 Å². The summed E-state index contributed by atoms with van der Waals surface area (Å²) in [6, 6.07) is 6.63. The normalized spacial score (nSPS) is 13.7. The molecule has 3 amide bonds. The molecule has 3 aromatic rings. The highest BCUT2D eigenvalue weighted by Crippen LogP contribution is 2.29. The van der Waals surface area contributed by atoms with Gasteiger partial charge in [-0.2, -0.15) is 5.10 Å². The van der Waals surface area contributed by atoms with Crippen molar-refractivity contribution in [3.8, 4) is 0 Å². The van der Waals surface area contributed by atoms with Crippen LogP contribution >= 0.6 is 0 Å². The van der Waals surface area contributed by atoms with Gasteiger partial charge in [-0.1, -0.05) is 0 Å². The lowest BCUT2D eigenvalue weighted by atomic mass is 9.93. The van der Waals surface area contributed by atoms with E-state index in [1.807, 2.05) is 0 Å². The third kappa shape index (κ3) is 4.81. The zero-order chi connectivity index (χ0) is 25.1. The molecular formula is C23H21N5O7. The molecule has 0 fully saturated rings. The number of benzene rings is 1. The van der Waals surface area contributed by atoms with Crippen LogP contribution in [0.4, 0.5) is 5.69 Å². The van der Waals surface area contributed by atoms with Gasteiger partial charge >= 0.3 is 5.91 Å². The van der Waals surface area contributed by atoms with Crippen LogP contribution in [0.15, 0.2) is 50.5 Å². The Morgan fingerprint density at radius 2 is 1.71 bits per heavy atom. The number of furan rings is 2. The fraction of sp³-hybridized carbons (Fsp3) is 0.217. The monoisotopic (exact) mass is 479 g/mol. The quantitative estimate of drug-likeness (QED) is 0.373. The SMILES string of the molecule is Cc1occc1C(=O)NNC(=O)c1oc2c(c1C)/C(=N/NC(=O)c1ccc([N+](=O)[O-])cc1)CCC2. The highest BCUT2D eigenvalue weighted by molar-refractivity contribution is 6.07. The van der Waals surface area contributed by atoms with Gasteiger partial charge in [-0.05, 0) is 44.9 Å². The Bertz CT molecular complexity index is 1350. The van der Waals surface area contributed by atoms with E-state index in [2.05, 4.69) is 21.4 Å². The van der Waals surface area contributed by atoms with Crippen LogP contribution in [-0.2, 0) is 6.42 Å². The number of carbonyl (C=O) groups excluding carboxylic acids is 3. The van der Waals surface area contributed by atoms with Gasteiger partial charge < -0.3 is 8.83 Å². The lowest BCUT2D eigenvalue weighted by Gasteiger charge is -2.13. The second-order valence-corrected chi connectivity index (χ2v) is 7.81. The minimum Gasteiger partial charge on any atom is -0.469 e. The number of non-ortho nitro benzene ring substituents is 1. The lowest BCUT2D eigenvalue weighted by molar-refractivity contribution is -0.384. The molecule has 1 aliphatic carbocycles. The summed E-state index contributed by atoms with van der Waals surface area (Å²) in [5, 5.41) is 15.0. The molecule has 0 bridgehead atoms. The maximum atomic E-state index is 12.7. The number of aryl methyl sites for hydroxylation is 2. The lowest BCUT2D eigenvalue weighted by Crippen LogP contribution is -2.41. The first-order valence-electron chi connectivity index (χ1n) is 10.6. The van der Waals surface area contributed by atoms with Gasteiger partial charge in [-0.15, -0.1) is 0 Å². The van der Waals surface area contributed by atoms with Crippen LogP contribution in [0.1, 0.15) is 66.8 Å². The molecule has 4 rings (SSSR count). The van der Waals surface area contributed by atoms with Crippen LogP contribution in [0.3, 0.4) is 0 Å². The van der Waals surface area contributed by atoms with Crippen molar-refractivity contribution in [3.63, 3.8) is 0 Å². The topological polar surface area (TPSA) is 169 Å². The van der Waals surface area contributed by atoms with Gasteiger partial charge in [0.2, 0.25) is 0 Å². The van der Waals surface area contributed by atoms with Gasteiger partial charge in [0, 0.05) is 35.2 Å². The molecule has 0 aliphatic heterocycles. The van der Waals surface area contributed by atoms with E-state index in [9.17, 15) is 24.5 Å². The number of nitro groups is 1. The second kappa shape index (κ2) is 9.63. The van der Waals surface area contributed by atoms with E-state index >= 15 is 0 Å². The fourth-order valence-electron chi connectivity index (χ4n) is 3.77. The molecule has 1 aliphatic rings. The maximum Gasteiger partial charge on any atom is 0.305 e. The number of amides is 3. The zero-order valence-electron chi connectivity index (χ0n) is 18.8. The molecule has 12 heteroatoms. The molecule has 180 valence electrons. The van der Waals surface area contributed by atoms with E-state index < -0.39 is 22.6 Å². The summed E-state index contributed by atoms with van der Waals surface area (Å²) in [6.45, 7) is 3.32. The van der Waals surface area contributed by atoms with Crippen molar-refractivity contribution >= 4 is 29.1 Å². The van der Waals surface area contributed by atoms with Crippen molar-refractivity contribution in [3.05, 3.63) is 86.2 Å². The number of hydrazone groups is 1. The summed E-state index contributed by atoms with van der Waals surface area (Å²) in [7, 11) is 0. The molecule has 0 spiro atoms. The number of nitro benzene ring substituents is 1. The van der Waals surface area contributed by atoms with E-state index in [4.69, 9.17) is 8.83 Å². The van der Waals surface area contributed by atoms with Crippen molar-refractivity contribution in [1.29, 1.82) is 0 Å². The summed E-state index contributed by atoms with van der Waals surface area (Å²) in [6.07, 6.45) is 3.20. The Kier molecular flexibility index (Phi) is 6.44. The molecule has 1 aromatic carbocycles. The van der Waals surface area contributed by atoms with E-state index in [1.54, 1.807) is 13.8 Å². The Morgan fingerprint density at radius 1 is 1.00 bits per heavy atom. The Labute approximate surface area is 198 Å². The number of nitrogens with zero attached hydrogens (tertiary/aromatic N) is 2. The largest absolute Gasteiger partial charge is 0.469 e. The summed E-state index contributed by atoms with van der Waals surface area (Å²) in [5.74, 6) is -0.709. The van der Waals surface area contributed by atoms with Crippen LogP contribution in [0, 0.1) is 24.0 Å². The molecule has 3 N–H and O–H groups in total. The predicted molar refractivity (Wildman–Crippen MR) is 122 cm³/mol. The van der Waals surface area contributed by atoms with E-state index in [0.29, 0.717) is 53.2 Å². The minimum absolute atomic E-state index is 0.0236. The van der Waals surface area contributed by atoms with Gasteiger partial charge in [0.15, 0.2) is 5.76 Å². The molecule has 35 heavy (non-hydrogen) atoms. The second-order valence-electron chi connectivity index (χ2n) is 7.81. The molecule has 2 aromatic heterocycles. The number of rotatable bonds is 5. The standard InChI is InChI=1S/C23H21N5O7/c1-12-19-17(24-25-21(29)14-6-8-15(9-7-14)28(32)33)4-3-5-18(19)35-20(12)23(31)27-26-22(30)16-10-11-34-13(16)2/h6-11H,3-5H2,1-2H3,(H,25,29)(H,26,30)(H,27,31)/b24-17+. The van der Waals surface area contributed by atoms with Crippen molar-refractivity contribution in [2.45, 2.75) is 33.1 Å². The summed E-state index contributed by atoms with van der Waals surface area (Å²) in [4.78, 5) is 47.5. The van der Waals surface area contributed by atoms with E-state index in [0.717, 1.165) is 0 Å². The molecule has 2 heterocycles. The van der Waals surface area contributed by atoms with Crippen molar-refractivity contribution in [2.24, 2.45) is 5.10 Å². The number of fused-ring (bicyclic) bond motifs is 1. The molecule has 12 nitrogen and oxygen atoms in total. The molecular weight excluding hydrogens is 458 g/mol. The summed E-state index contributed by atoms with van der Waals surface area (Å²) < 4.78 is 10.8. The maximum absolute atomic E-state index is 12.7. The summed E-state index contributed by atoms with van der Waals surface area (Å²) >= 11 is 0. The molecule has 0 atom stereocenters. The van der Waals surface area contributed by atoms with E-state index in [1.165, 1.54) is 36.6 Å². The first-order valence-corrected chi connectivity index (χ1v) is 10.6. The smallest absolute Gasteiger partial charge is 0.305 e. The number of hydrazine groups is 1. The first kappa shape index (κ1) is 23.4. The number of hydrogen-bond donors (Lipinski definition) is 3. The number of nitrogens with one attached hydrogen (secondary N) is 3. The van der Waals surface area contributed by atoms with Crippen LogP contribution in [0.25, 0.3) is 0 Å². The van der Waals surface area contributed by atoms with Gasteiger partial charge in [-0.3, -0.25) is 35.3 Å². The summed E-state index contributed by atoms with van der Waals surface area (Å²) in [5.41, 5.74) is 9.18. The Morgan fingerprint density at radius 3 is 2.37 bits per heavy atom. The predicted octanol–water partition coefficient (Wildman–Crippen LogP) is 2.94. The van der Waals surface area contributed by atoms with Crippen molar-refractivity contribution < 1.29 is 28.1 Å². The third-order valence-electron chi connectivity index (χ3n) is 5.56. The highest BCUT2D eigenvalue weighted by atomic mass is 16.6. The number of carbonyl (C=O) groups is 3. The molecule has 0 saturated heterocycles. The third-order valence-corrected chi connectivity index (χ3v) is 5.56. The van der Waals surface area contributed by atoms with Gasteiger partial charge in [0.25, 0.3) is 17.5 Å².